The molecule has 0 spiro atoms. The van der Waals surface area contributed by atoms with Gasteiger partial charge in [0, 0.05) is 12.6 Å². The van der Waals surface area contributed by atoms with Crippen molar-refractivity contribution in [1.82, 2.24) is 19.5 Å². The topological polar surface area (TPSA) is 74.1 Å². The third kappa shape index (κ3) is 2.44. The van der Waals surface area contributed by atoms with E-state index in [-0.39, 0.29) is 6.04 Å². The molecule has 0 saturated heterocycles. The largest absolute Gasteiger partial charge is 0.493 e. The van der Waals surface area contributed by atoms with Gasteiger partial charge in [0.25, 0.3) is 0 Å². The molecule has 1 unspecified atom stereocenters. The van der Waals surface area contributed by atoms with Gasteiger partial charge in [-0.05, 0) is 12.5 Å². The van der Waals surface area contributed by atoms with E-state index in [1.165, 1.54) is 0 Å². The van der Waals surface area contributed by atoms with E-state index < -0.39 is 0 Å². The standard InChI is InChI=1S/C16H17N5O2/c1-21-9-18-15-12(21)7-17-16(20-15)19-11-6-10-4-3-5-13(22-2)14(10)23-8-11/h3-5,7,9,11H,6,8H2,1-2H3,(H,17,19,20). The van der Waals surface area contributed by atoms with Crippen LogP contribution in [-0.2, 0) is 13.5 Å². The lowest BCUT2D eigenvalue weighted by atomic mass is 10.0. The lowest BCUT2D eigenvalue weighted by Gasteiger charge is -2.27. The van der Waals surface area contributed by atoms with Crippen LogP contribution in [0.3, 0.4) is 0 Å². The second kappa shape index (κ2) is 5.42. The van der Waals surface area contributed by atoms with Gasteiger partial charge < -0.3 is 19.4 Å². The number of aromatic nitrogens is 4. The molecule has 1 atom stereocenters. The van der Waals surface area contributed by atoms with Crippen molar-refractivity contribution >= 4 is 17.1 Å². The number of benzene rings is 1. The van der Waals surface area contributed by atoms with Crippen molar-refractivity contribution in [2.75, 3.05) is 19.0 Å². The summed E-state index contributed by atoms with van der Waals surface area (Å²) in [5.74, 6) is 2.16. The molecule has 23 heavy (non-hydrogen) atoms. The summed E-state index contributed by atoms with van der Waals surface area (Å²) in [6.07, 6.45) is 4.34. The SMILES string of the molecule is COc1cccc2c1OCC(Nc1ncc3c(ncn3C)n1)C2. The van der Waals surface area contributed by atoms with E-state index >= 15 is 0 Å². The summed E-state index contributed by atoms with van der Waals surface area (Å²) in [5, 5.41) is 3.32. The predicted octanol–water partition coefficient (Wildman–Crippen LogP) is 1.79. The second-order valence-electron chi connectivity index (χ2n) is 5.56. The summed E-state index contributed by atoms with van der Waals surface area (Å²) >= 11 is 0. The monoisotopic (exact) mass is 311 g/mol. The molecule has 118 valence electrons. The maximum Gasteiger partial charge on any atom is 0.225 e. The number of methoxy groups -OCH3 is 1. The first-order valence-electron chi connectivity index (χ1n) is 7.44. The number of hydrogen-bond acceptors (Lipinski definition) is 6. The van der Waals surface area contributed by atoms with Gasteiger partial charge in [0.1, 0.15) is 12.1 Å². The highest BCUT2D eigenvalue weighted by Gasteiger charge is 2.23. The van der Waals surface area contributed by atoms with Crippen LogP contribution in [-0.4, -0.2) is 39.3 Å². The van der Waals surface area contributed by atoms with Crippen LogP contribution in [0.5, 0.6) is 11.5 Å². The molecule has 1 aliphatic rings. The Morgan fingerprint density at radius 1 is 1.35 bits per heavy atom. The zero-order valence-electron chi connectivity index (χ0n) is 13.0. The molecule has 1 aliphatic heterocycles. The van der Waals surface area contributed by atoms with Gasteiger partial charge >= 0.3 is 0 Å². The molecule has 7 heteroatoms. The third-order valence-electron chi connectivity index (χ3n) is 3.99. The van der Waals surface area contributed by atoms with E-state index in [1.807, 2.05) is 23.7 Å². The summed E-state index contributed by atoms with van der Waals surface area (Å²) in [6.45, 7) is 0.539. The van der Waals surface area contributed by atoms with Crippen LogP contribution in [0.25, 0.3) is 11.2 Å². The van der Waals surface area contributed by atoms with Crippen molar-refractivity contribution in [3.63, 3.8) is 0 Å². The summed E-state index contributed by atoms with van der Waals surface area (Å²) < 4.78 is 13.1. The highest BCUT2D eigenvalue weighted by molar-refractivity contribution is 5.70. The molecular formula is C16H17N5O2. The smallest absolute Gasteiger partial charge is 0.225 e. The van der Waals surface area contributed by atoms with Gasteiger partial charge in [-0.1, -0.05) is 12.1 Å². The van der Waals surface area contributed by atoms with E-state index in [1.54, 1.807) is 19.6 Å². The van der Waals surface area contributed by atoms with Crippen LogP contribution in [0.1, 0.15) is 5.56 Å². The Morgan fingerprint density at radius 3 is 3.13 bits per heavy atom. The number of aryl methyl sites for hydroxylation is 1. The van der Waals surface area contributed by atoms with Crippen LogP contribution in [0.4, 0.5) is 5.95 Å². The summed E-state index contributed by atoms with van der Waals surface area (Å²) in [6, 6.07) is 6.04. The Hall–Kier alpha value is -2.83. The van der Waals surface area contributed by atoms with Gasteiger partial charge in [0.15, 0.2) is 17.1 Å². The van der Waals surface area contributed by atoms with Crippen molar-refractivity contribution in [3.8, 4) is 11.5 Å². The number of nitrogens with zero attached hydrogens (tertiary/aromatic N) is 4. The molecule has 2 aromatic heterocycles. The maximum atomic E-state index is 5.86. The van der Waals surface area contributed by atoms with Gasteiger partial charge in [-0.25, -0.2) is 9.97 Å². The molecule has 3 heterocycles. The molecule has 1 aromatic carbocycles. The third-order valence-corrected chi connectivity index (χ3v) is 3.99. The van der Waals surface area contributed by atoms with Gasteiger partial charge in [0.2, 0.25) is 5.95 Å². The van der Waals surface area contributed by atoms with E-state index in [0.717, 1.165) is 29.0 Å². The zero-order chi connectivity index (χ0) is 15.8. The molecule has 4 rings (SSSR count). The fraction of sp³-hybridized carbons (Fsp3) is 0.312. The quantitative estimate of drug-likeness (QED) is 0.795. The lowest BCUT2D eigenvalue weighted by molar-refractivity contribution is 0.256. The van der Waals surface area contributed by atoms with Crippen molar-refractivity contribution in [2.24, 2.45) is 7.05 Å². The summed E-state index contributed by atoms with van der Waals surface area (Å²) in [4.78, 5) is 13.1. The minimum Gasteiger partial charge on any atom is -0.493 e. The molecule has 0 fully saturated rings. The Labute approximate surface area is 133 Å². The minimum atomic E-state index is 0.107. The number of rotatable bonds is 3. The molecular weight excluding hydrogens is 294 g/mol. The van der Waals surface area contributed by atoms with Crippen molar-refractivity contribution in [2.45, 2.75) is 12.5 Å². The lowest BCUT2D eigenvalue weighted by Crippen LogP contribution is -2.33. The predicted molar refractivity (Wildman–Crippen MR) is 85.9 cm³/mol. The highest BCUT2D eigenvalue weighted by Crippen LogP contribution is 2.34. The second-order valence-corrected chi connectivity index (χ2v) is 5.56. The maximum absolute atomic E-state index is 5.86. The number of ether oxygens (including phenoxy) is 2. The molecule has 7 nitrogen and oxygen atoms in total. The number of anilines is 1. The number of hydrogen-bond donors (Lipinski definition) is 1. The average molecular weight is 311 g/mol. The van der Waals surface area contributed by atoms with E-state index in [0.29, 0.717) is 18.2 Å². The summed E-state index contributed by atoms with van der Waals surface area (Å²) in [7, 11) is 3.57. The van der Waals surface area contributed by atoms with Crippen molar-refractivity contribution < 1.29 is 9.47 Å². The first kappa shape index (κ1) is 13.8. The van der Waals surface area contributed by atoms with Crippen molar-refractivity contribution in [3.05, 3.63) is 36.3 Å². The molecule has 1 N–H and O–H groups in total. The number of para-hydroxylation sites is 1. The molecule has 0 amide bonds. The Kier molecular flexibility index (Phi) is 3.25. The summed E-state index contributed by atoms with van der Waals surface area (Å²) in [5.41, 5.74) is 2.71. The van der Waals surface area contributed by atoms with Gasteiger partial charge in [-0.15, -0.1) is 0 Å². The molecule has 0 bridgehead atoms. The van der Waals surface area contributed by atoms with Gasteiger partial charge in [-0.2, -0.15) is 4.98 Å². The molecule has 0 aliphatic carbocycles. The van der Waals surface area contributed by atoms with Crippen LogP contribution >= 0.6 is 0 Å². The molecule has 3 aromatic rings. The normalized spacial score (nSPS) is 16.7. The highest BCUT2D eigenvalue weighted by atomic mass is 16.5. The van der Waals surface area contributed by atoms with Crippen LogP contribution in [0.15, 0.2) is 30.7 Å². The van der Waals surface area contributed by atoms with E-state index in [9.17, 15) is 0 Å². The molecule has 0 saturated carbocycles. The number of imidazole rings is 1. The fourth-order valence-electron chi connectivity index (χ4n) is 2.81. The average Bonchev–Trinajstić information content (AvgIpc) is 2.94. The number of fused-ring (bicyclic) bond motifs is 2. The van der Waals surface area contributed by atoms with Crippen LogP contribution < -0.4 is 14.8 Å². The van der Waals surface area contributed by atoms with Crippen LogP contribution in [0, 0.1) is 0 Å². The Balaban J connectivity index is 1.55. The van der Waals surface area contributed by atoms with Gasteiger partial charge in [0.05, 0.1) is 25.7 Å². The first-order chi connectivity index (χ1) is 11.2. The fourth-order valence-corrected chi connectivity index (χ4v) is 2.81. The molecule has 0 radical (unpaired) electrons. The van der Waals surface area contributed by atoms with E-state index in [2.05, 4.69) is 26.3 Å². The van der Waals surface area contributed by atoms with Gasteiger partial charge in [-0.3, -0.25) is 0 Å². The Morgan fingerprint density at radius 2 is 2.26 bits per heavy atom. The van der Waals surface area contributed by atoms with E-state index in [4.69, 9.17) is 9.47 Å². The minimum absolute atomic E-state index is 0.107. The Bertz CT molecular complexity index is 861. The number of nitrogens with one attached hydrogen (secondary N) is 1. The van der Waals surface area contributed by atoms with Crippen LogP contribution in [0.2, 0.25) is 0 Å². The zero-order valence-corrected chi connectivity index (χ0v) is 13.0. The first-order valence-corrected chi connectivity index (χ1v) is 7.44. The van der Waals surface area contributed by atoms with Crippen molar-refractivity contribution in [1.29, 1.82) is 0 Å².